The molecule has 0 aliphatic heterocycles. The molecule has 0 heterocycles. The fourth-order valence-corrected chi connectivity index (χ4v) is 3.18. The van der Waals surface area contributed by atoms with Gasteiger partial charge in [-0.15, -0.1) is 0 Å². The molecule has 0 fully saturated rings. The predicted octanol–water partition coefficient (Wildman–Crippen LogP) is 0.854. The average molecular weight is 214 g/mol. The van der Waals surface area contributed by atoms with Gasteiger partial charge in [0.2, 0.25) is 0 Å². The van der Waals surface area contributed by atoms with Crippen molar-refractivity contribution in [3.05, 3.63) is 0 Å². The molecule has 2 nitrogen and oxygen atoms in total. The van der Waals surface area contributed by atoms with Crippen molar-refractivity contribution in [1.29, 1.82) is 0 Å². The lowest BCUT2D eigenvalue weighted by atomic mass is 9.92. The molecule has 0 rings (SSSR count). The Morgan fingerprint density at radius 3 is 1.82 bits per heavy atom. The Morgan fingerprint density at radius 1 is 1.27 bits per heavy atom. The van der Waals surface area contributed by atoms with E-state index in [4.69, 9.17) is 0 Å². The summed E-state index contributed by atoms with van der Waals surface area (Å²) in [6.07, 6.45) is 0.809. The normalized spacial score (nSPS) is 12.4. The van der Waals surface area contributed by atoms with Gasteiger partial charge in [-0.1, -0.05) is 6.92 Å². The Labute approximate surface area is 80.5 Å². The molecule has 11 heavy (non-hydrogen) atoms. The van der Waals surface area contributed by atoms with Crippen molar-refractivity contribution < 1.29 is 8.42 Å². The van der Waals surface area contributed by atoms with E-state index in [-0.39, 0.29) is 11.2 Å². The molecule has 0 N–H and O–H groups in total. The van der Waals surface area contributed by atoms with Crippen molar-refractivity contribution in [2.75, 3.05) is 17.3 Å². The first-order valence-corrected chi connectivity index (χ1v) is 6.06. The summed E-state index contributed by atoms with van der Waals surface area (Å²) in [5.74, 6) is 1.36. The van der Waals surface area contributed by atoms with Gasteiger partial charge >= 0.3 is 0 Å². The third-order valence-corrected chi connectivity index (χ3v) is 4.16. The zero-order chi connectivity index (χ0) is 8.91. The van der Waals surface area contributed by atoms with Crippen molar-refractivity contribution >= 4 is 36.0 Å². The van der Waals surface area contributed by atoms with Crippen LogP contribution in [0.5, 0.6) is 0 Å². The van der Waals surface area contributed by atoms with E-state index in [9.17, 15) is 8.42 Å². The van der Waals surface area contributed by atoms with E-state index < -0.39 is 10.7 Å². The molecule has 0 spiro atoms. The molecule has 0 bridgehead atoms. The predicted molar refractivity (Wildman–Crippen MR) is 55.6 cm³/mol. The largest absolute Gasteiger partial charge is 0.232 e. The number of hydrogen-bond donors (Lipinski definition) is 3. The van der Waals surface area contributed by atoms with E-state index in [0.29, 0.717) is 11.5 Å². The highest BCUT2D eigenvalue weighted by molar-refractivity contribution is 7.81. The molecule has 0 radical (unpaired) electrons. The molecule has 68 valence electrons. The van der Waals surface area contributed by atoms with Crippen LogP contribution in [0.2, 0.25) is 0 Å². The first-order valence-electron chi connectivity index (χ1n) is 3.44. The van der Waals surface area contributed by atoms with Crippen LogP contribution in [-0.2, 0) is 10.7 Å². The smallest absolute Gasteiger partial charge is 0.140 e. The molecular weight excluding hydrogens is 200 g/mol. The monoisotopic (exact) mass is 214 g/mol. The zero-order valence-electron chi connectivity index (χ0n) is 6.49. The van der Waals surface area contributed by atoms with Crippen LogP contribution in [0.1, 0.15) is 13.3 Å². The molecule has 0 aromatic heterocycles. The fraction of sp³-hybridized carbons (Fsp3) is 1.00. The summed E-state index contributed by atoms with van der Waals surface area (Å²) in [6.45, 7) is 1.96. The van der Waals surface area contributed by atoms with Gasteiger partial charge in [0.15, 0.2) is 0 Å². The third kappa shape index (κ3) is 3.71. The molecule has 0 aromatic carbocycles. The molecule has 0 saturated carbocycles. The van der Waals surface area contributed by atoms with E-state index >= 15 is 0 Å². The number of thiol groups is 3. The lowest BCUT2D eigenvalue weighted by Crippen LogP contribution is -2.29. The number of rotatable bonds is 5. The Balaban J connectivity index is 4.28. The topological polar surface area (TPSA) is 34.1 Å². The third-order valence-electron chi connectivity index (χ3n) is 1.89. The first kappa shape index (κ1) is 11.6. The standard InChI is InChI=1S/C6H14O2S3/c1-2-6(3-9,4-10)5-11(7)8/h9-11H,2-5H2,1H3. The molecule has 0 aliphatic carbocycles. The highest BCUT2D eigenvalue weighted by atomic mass is 32.2. The minimum atomic E-state index is -2.30. The second-order valence-corrected chi connectivity index (χ2v) is 4.27. The van der Waals surface area contributed by atoms with Crippen molar-refractivity contribution in [3.8, 4) is 0 Å². The highest BCUT2D eigenvalue weighted by Crippen LogP contribution is 2.25. The van der Waals surface area contributed by atoms with E-state index in [1.54, 1.807) is 0 Å². The first-order chi connectivity index (χ1) is 5.10. The van der Waals surface area contributed by atoms with Crippen LogP contribution in [0.3, 0.4) is 0 Å². The summed E-state index contributed by atoms with van der Waals surface area (Å²) >= 11 is 8.24. The maximum Gasteiger partial charge on any atom is 0.140 e. The van der Waals surface area contributed by atoms with E-state index in [2.05, 4.69) is 25.3 Å². The number of hydrogen-bond acceptors (Lipinski definition) is 4. The van der Waals surface area contributed by atoms with E-state index in [1.807, 2.05) is 6.92 Å². The van der Waals surface area contributed by atoms with Gasteiger partial charge in [0.05, 0.1) is 5.75 Å². The fourth-order valence-electron chi connectivity index (χ4n) is 0.759. The summed E-state index contributed by atoms with van der Waals surface area (Å²) in [4.78, 5) is 0. The van der Waals surface area contributed by atoms with Crippen molar-refractivity contribution in [2.45, 2.75) is 13.3 Å². The second-order valence-electron chi connectivity index (χ2n) is 2.66. The van der Waals surface area contributed by atoms with Crippen LogP contribution in [0.25, 0.3) is 0 Å². The van der Waals surface area contributed by atoms with Crippen molar-refractivity contribution in [2.24, 2.45) is 5.41 Å². The van der Waals surface area contributed by atoms with Crippen LogP contribution >= 0.6 is 25.3 Å². The summed E-state index contributed by atoms with van der Waals surface area (Å²) in [5, 5.41) is 0. The zero-order valence-corrected chi connectivity index (χ0v) is 9.17. The minimum absolute atomic E-state index is 0.200. The van der Waals surface area contributed by atoms with Gasteiger partial charge in [-0.05, 0) is 17.9 Å². The van der Waals surface area contributed by atoms with Crippen LogP contribution in [0.4, 0.5) is 0 Å². The van der Waals surface area contributed by atoms with E-state index in [0.717, 1.165) is 6.42 Å². The van der Waals surface area contributed by atoms with Gasteiger partial charge < -0.3 is 0 Å². The minimum Gasteiger partial charge on any atom is -0.232 e. The second kappa shape index (κ2) is 5.32. The molecule has 0 amide bonds. The van der Waals surface area contributed by atoms with Gasteiger partial charge in [-0.25, -0.2) is 8.42 Å². The Bertz CT molecular complexity index is 156. The van der Waals surface area contributed by atoms with Crippen molar-refractivity contribution in [3.63, 3.8) is 0 Å². The summed E-state index contributed by atoms with van der Waals surface area (Å²) < 4.78 is 20.9. The summed E-state index contributed by atoms with van der Waals surface area (Å²) in [7, 11) is -2.30. The average Bonchev–Trinajstić information content (AvgIpc) is 2.00. The SMILES string of the molecule is CCC(CS)(CS)C[SH](=O)=O. The van der Waals surface area contributed by atoms with Crippen LogP contribution < -0.4 is 0 Å². The quantitative estimate of drug-likeness (QED) is 0.593. The van der Waals surface area contributed by atoms with Crippen LogP contribution in [0, 0.1) is 5.41 Å². The van der Waals surface area contributed by atoms with E-state index in [1.165, 1.54) is 0 Å². The molecule has 5 heteroatoms. The maximum atomic E-state index is 10.5. The Kier molecular flexibility index (Phi) is 5.64. The van der Waals surface area contributed by atoms with Gasteiger partial charge in [0.1, 0.15) is 10.7 Å². The van der Waals surface area contributed by atoms with Gasteiger partial charge in [-0.2, -0.15) is 25.3 Å². The molecule has 0 atom stereocenters. The molecule has 0 aliphatic rings. The lowest BCUT2D eigenvalue weighted by Gasteiger charge is -2.26. The maximum absolute atomic E-state index is 10.5. The van der Waals surface area contributed by atoms with Gasteiger partial charge in [-0.3, -0.25) is 0 Å². The van der Waals surface area contributed by atoms with Gasteiger partial charge in [0.25, 0.3) is 0 Å². The molecular formula is C6H14O2S3. The molecule has 0 saturated heterocycles. The van der Waals surface area contributed by atoms with Crippen LogP contribution in [-0.4, -0.2) is 25.7 Å². The lowest BCUT2D eigenvalue weighted by molar-refractivity contribution is 0.421. The molecule has 0 unspecified atom stereocenters. The van der Waals surface area contributed by atoms with Gasteiger partial charge in [0, 0.05) is 5.41 Å². The molecule has 0 aromatic rings. The van der Waals surface area contributed by atoms with Crippen LogP contribution in [0.15, 0.2) is 0 Å². The highest BCUT2D eigenvalue weighted by Gasteiger charge is 2.25. The Hall–Kier alpha value is 0.650. The summed E-state index contributed by atoms with van der Waals surface area (Å²) in [6, 6.07) is 0. The Morgan fingerprint density at radius 2 is 1.73 bits per heavy atom. The summed E-state index contributed by atoms with van der Waals surface area (Å²) in [5.41, 5.74) is -0.221. The van der Waals surface area contributed by atoms with Crippen molar-refractivity contribution in [1.82, 2.24) is 0 Å².